The predicted octanol–water partition coefficient (Wildman–Crippen LogP) is 1.08. The van der Waals surface area contributed by atoms with Crippen LogP contribution in [0.1, 0.15) is 34.4 Å². The first-order chi connectivity index (χ1) is 16.4. The van der Waals surface area contributed by atoms with Crippen LogP contribution in [0.15, 0.2) is 40.8 Å². The van der Waals surface area contributed by atoms with Crippen molar-refractivity contribution in [3.8, 4) is 23.7 Å². The molecule has 0 bridgehead atoms. The Morgan fingerprint density at radius 3 is 2.41 bits per heavy atom. The summed E-state index contributed by atoms with van der Waals surface area (Å²) < 4.78 is 10.4. The van der Waals surface area contributed by atoms with Crippen LogP contribution in [0.2, 0.25) is 0 Å². The van der Waals surface area contributed by atoms with Gasteiger partial charge in [-0.2, -0.15) is 0 Å². The van der Waals surface area contributed by atoms with Crippen LogP contribution in [0.5, 0.6) is 0 Å². The second-order valence-electron chi connectivity index (χ2n) is 8.14. The van der Waals surface area contributed by atoms with Gasteiger partial charge >= 0.3 is 5.97 Å². The topological polar surface area (TPSA) is 95.3 Å². The number of furan rings is 1. The minimum Gasteiger partial charge on any atom is -0.467 e. The summed E-state index contributed by atoms with van der Waals surface area (Å²) >= 11 is 0. The Labute approximate surface area is 199 Å². The predicted molar refractivity (Wildman–Crippen MR) is 127 cm³/mol. The summed E-state index contributed by atoms with van der Waals surface area (Å²) in [5.74, 6) is 11.6. The minimum atomic E-state index is -1.14. The molecule has 0 unspecified atom stereocenters. The number of nitrogens with zero attached hydrogens (tertiary/aromatic N) is 2. The van der Waals surface area contributed by atoms with E-state index in [0.29, 0.717) is 16.9 Å². The molecule has 0 radical (unpaired) electrons. The highest BCUT2D eigenvalue weighted by Gasteiger charge is 2.26. The molecule has 8 heteroatoms. The average Bonchev–Trinajstić information content (AvgIpc) is 3.28. The number of hydrogen-bond acceptors (Lipinski definition) is 7. The van der Waals surface area contributed by atoms with Crippen LogP contribution in [0.25, 0.3) is 0 Å². The zero-order valence-electron chi connectivity index (χ0n) is 19.6. The van der Waals surface area contributed by atoms with Gasteiger partial charge < -0.3 is 24.5 Å². The Kier molecular flexibility index (Phi) is 8.89. The van der Waals surface area contributed by atoms with E-state index in [4.69, 9.17) is 4.42 Å². The fraction of sp³-hybridized carbons (Fsp3) is 0.385. The molecule has 2 N–H and O–H groups in total. The number of esters is 1. The lowest BCUT2D eigenvalue weighted by molar-refractivity contribution is -0.145. The van der Waals surface area contributed by atoms with Crippen molar-refractivity contribution in [1.82, 2.24) is 15.1 Å². The molecule has 1 saturated heterocycles. The molecule has 1 fully saturated rings. The highest BCUT2D eigenvalue weighted by Crippen LogP contribution is 2.11. The van der Waals surface area contributed by atoms with E-state index >= 15 is 0 Å². The third kappa shape index (κ3) is 7.23. The van der Waals surface area contributed by atoms with E-state index in [-0.39, 0.29) is 0 Å². The maximum absolute atomic E-state index is 12.3. The molecule has 0 saturated carbocycles. The molecule has 2 aromatic rings. The van der Waals surface area contributed by atoms with Gasteiger partial charge in [-0.3, -0.25) is 9.69 Å². The lowest BCUT2D eigenvalue weighted by Gasteiger charge is -2.31. The van der Waals surface area contributed by atoms with Gasteiger partial charge in [0.1, 0.15) is 5.76 Å². The van der Waals surface area contributed by atoms with Gasteiger partial charge in [0.2, 0.25) is 0 Å². The SMILES string of the molecule is COC(=O)[C@@H](NC(=O)c1ccc(C#CC#Cc2ccc(CN3CCN(C)CC3)o2)cc1)[C@@H](C)O. The molecule has 1 aromatic heterocycles. The molecule has 34 heavy (non-hydrogen) atoms. The Balaban J connectivity index is 1.54. The van der Waals surface area contributed by atoms with Crippen LogP contribution < -0.4 is 5.32 Å². The van der Waals surface area contributed by atoms with E-state index in [0.717, 1.165) is 38.5 Å². The summed E-state index contributed by atoms with van der Waals surface area (Å²) in [6, 6.07) is 9.18. The molecule has 0 aliphatic carbocycles. The number of ether oxygens (including phenoxy) is 1. The zero-order chi connectivity index (χ0) is 24.5. The monoisotopic (exact) mass is 463 g/mol. The fourth-order valence-electron chi connectivity index (χ4n) is 3.39. The third-order valence-electron chi connectivity index (χ3n) is 5.46. The average molecular weight is 464 g/mol. The lowest BCUT2D eigenvalue weighted by atomic mass is 10.1. The maximum Gasteiger partial charge on any atom is 0.331 e. The Bertz CT molecular complexity index is 1110. The van der Waals surface area contributed by atoms with E-state index in [2.05, 4.69) is 50.6 Å². The summed E-state index contributed by atoms with van der Waals surface area (Å²) in [6.07, 6.45) is -1.09. The minimum absolute atomic E-state index is 0.328. The molecule has 3 rings (SSSR count). The zero-order valence-corrected chi connectivity index (χ0v) is 19.6. The van der Waals surface area contributed by atoms with Crippen LogP contribution in [-0.2, 0) is 16.1 Å². The number of carbonyl (C=O) groups is 2. The van der Waals surface area contributed by atoms with Crippen LogP contribution in [0.4, 0.5) is 0 Å². The highest BCUT2D eigenvalue weighted by atomic mass is 16.5. The number of piperazine rings is 1. The lowest BCUT2D eigenvalue weighted by Crippen LogP contribution is -2.48. The molecule has 1 aliphatic heterocycles. The molecular weight excluding hydrogens is 434 g/mol. The van der Waals surface area contributed by atoms with Crippen molar-refractivity contribution in [1.29, 1.82) is 0 Å². The molecule has 1 aromatic carbocycles. The second-order valence-corrected chi connectivity index (χ2v) is 8.14. The first-order valence-electron chi connectivity index (χ1n) is 11.0. The van der Waals surface area contributed by atoms with Crippen molar-refractivity contribution in [2.24, 2.45) is 0 Å². The maximum atomic E-state index is 12.3. The van der Waals surface area contributed by atoms with Gasteiger partial charge in [0, 0.05) is 37.3 Å². The molecule has 2 heterocycles. The number of aliphatic hydroxyl groups is 1. The third-order valence-corrected chi connectivity index (χ3v) is 5.46. The van der Waals surface area contributed by atoms with E-state index in [1.165, 1.54) is 14.0 Å². The summed E-state index contributed by atoms with van der Waals surface area (Å²) in [5.41, 5.74) is 1.01. The van der Waals surface area contributed by atoms with Crippen molar-refractivity contribution in [2.45, 2.75) is 25.6 Å². The Morgan fingerprint density at radius 1 is 1.09 bits per heavy atom. The Hall–Kier alpha value is -3.56. The van der Waals surface area contributed by atoms with Crippen molar-refractivity contribution in [3.05, 3.63) is 59.0 Å². The number of rotatable bonds is 6. The van der Waals surface area contributed by atoms with E-state index in [9.17, 15) is 14.7 Å². The molecule has 8 nitrogen and oxygen atoms in total. The highest BCUT2D eigenvalue weighted by molar-refractivity contribution is 5.97. The normalized spacial score (nSPS) is 15.8. The van der Waals surface area contributed by atoms with E-state index in [1.54, 1.807) is 24.3 Å². The van der Waals surface area contributed by atoms with Gasteiger partial charge in [-0.1, -0.05) is 5.92 Å². The van der Waals surface area contributed by atoms with Crippen LogP contribution >= 0.6 is 0 Å². The summed E-state index contributed by atoms with van der Waals surface area (Å²) in [6.45, 7) is 6.35. The molecule has 1 amide bonds. The summed E-state index contributed by atoms with van der Waals surface area (Å²) in [4.78, 5) is 28.7. The van der Waals surface area contributed by atoms with Gasteiger partial charge in [-0.15, -0.1) is 0 Å². The standard InChI is InChI=1S/C26H29N3O5/c1-19(30)24(26(32)33-3)27-25(31)21-10-8-20(9-11-21)6-4-5-7-22-12-13-23(34-22)18-29-16-14-28(2)15-17-29/h8-13,19,24,30H,14-18H2,1-3H3,(H,27,31)/t19-,24+/m1/s1. The quantitative estimate of drug-likeness (QED) is 0.489. The molecule has 178 valence electrons. The van der Waals surface area contributed by atoms with Crippen molar-refractivity contribution >= 4 is 11.9 Å². The number of carbonyl (C=O) groups excluding carboxylic acids is 2. The van der Waals surface area contributed by atoms with Crippen LogP contribution in [0, 0.1) is 23.7 Å². The van der Waals surface area contributed by atoms with Crippen LogP contribution in [0.3, 0.4) is 0 Å². The molecule has 2 atom stereocenters. The Morgan fingerprint density at radius 2 is 1.76 bits per heavy atom. The van der Waals surface area contributed by atoms with E-state index in [1.807, 2.05) is 12.1 Å². The number of methoxy groups -OCH3 is 1. The van der Waals surface area contributed by atoms with Crippen molar-refractivity contribution in [3.63, 3.8) is 0 Å². The largest absolute Gasteiger partial charge is 0.467 e. The second kappa shape index (κ2) is 12.1. The number of benzene rings is 1. The van der Waals surface area contributed by atoms with Crippen molar-refractivity contribution in [2.75, 3.05) is 40.3 Å². The number of likely N-dealkylation sites (N-methyl/N-ethyl adjacent to an activating group) is 1. The van der Waals surface area contributed by atoms with Crippen molar-refractivity contribution < 1.29 is 23.8 Å². The summed E-state index contributed by atoms with van der Waals surface area (Å²) in [7, 11) is 3.32. The van der Waals surface area contributed by atoms with Gasteiger partial charge in [0.05, 0.1) is 19.8 Å². The van der Waals surface area contributed by atoms with E-state index < -0.39 is 24.0 Å². The van der Waals surface area contributed by atoms with Crippen LogP contribution in [-0.4, -0.2) is 79.3 Å². The smallest absolute Gasteiger partial charge is 0.331 e. The van der Waals surface area contributed by atoms with Gasteiger partial charge in [-0.05, 0) is 68.1 Å². The summed E-state index contributed by atoms with van der Waals surface area (Å²) in [5, 5.41) is 12.1. The molecular formula is C26H29N3O5. The number of amides is 1. The fourth-order valence-corrected chi connectivity index (χ4v) is 3.39. The first kappa shape index (κ1) is 25.1. The molecule has 1 aliphatic rings. The molecule has 0 spiro atoms. The van der Waals surface area contributed by atoms with Gasteiger partial charge in [0.25, 0.3) is 5.91 Å². The first-order valence-corrected chi connectivity index (χ1v) is 11.0. The number of aliphatic hydroxyl groups excluding tert-OH is 1. The van der Waals surface area contributed by atoms with Gasteiger partial charge in [-0.25, -0.2) is 4.79 Å². The number of nitrogens with one attached hydrogen (secondary N) is 1. The van der Waals surface area contributed by atoms with Gasteiger partial charge in [0.15, 0.2) is 11.8 Å². The number of hydrogen-bond donors (Lipinski definition) is 2.